The highest BCUT2D eigenvalue weighted by Crippen LogP contribution is 2.33. The third kappa shape index (κ3) is 5.25. The van der Waals surface area contributed by atoms with Crippen LogP contribution >= 0.6 is 0 Å². The van der Waals surface area contributed by atoms with Crippen LogP contribution in [0.4, 0.5) is 5.69 Å². The van der Waals surface area contributed by atoms with Crippen LogP contribution in [0.3, 0.4) is 0 Å². The standard InChI is InChI=1S/C27H30N2O5/c1-32-22-15-13-21(14-16-22)29(27(31)24-12-7-17-34-24)25(19-8-6-11-23(18-19)33-2)26(30)28-20-9-4-3-5-10-20/h6-8,11-18,20,25H,3-5,9-10H2,1-2H3,(H,28,30). The summed E-state index contributed by atoms with van der Waals surface area (Å²) in [4.78, 5) is 29.0. The van der Waals surface area contributed by atoms with Crippen LogP contribution in [-0.4, -0.2) is 32.1 Å². The zero-order valence-corrected chi connectivity index (χ0v) is 19.5. The Morgan fingerprint density at radius 1 is 0.941 bits per heavy atom. The second-order valence-electron chi connectivity index (χ2n) is 8.37. The number of rotatable bonds is 8. The van der Waals surface area contributed by atoms with Crippen LogP contribution in [0.5, 0.6) is 11.5 Å². The van der Waals surface area contributed by atoms with Gasteiger partial charge in [0.2, 0.25) is 5.91 Å². The summed E-state index contributed by atoms with van der Waals surface area (Å²) >= 11 is 0. The summed E-state index contributed by atoms with van der Waals surface area (Å²) in [6.07, 6.45) is 6.67. The molecule has 3 aromatic rings. The van der Waals surface area contributed by atoms with Crippen molar-refractivity contribution >= 4 is 17.5 Å². The van der Waals surface area contributed by atoms with E-state index in [1.165, 1.54) is 17.6 Å². The molecule has 34 heavy (non-hydrogen) atoms. The summed E-state index contributed by atoms with van der Waals surface area (Å²) in [6, 6.07) is 16.7. The molecule has 0 bridgehead atoms. The normalized spacial score (nSPS) is 14.8. The van der Waals surface area contributed by atoms with Gasteiger partial charge in [-0.1, -0.05) is 31.4 Å². The number of amides is 2. The van der Waals surface area contributed by atoms with Crippen LogP contribution in [0.2, 0.25) is 0 Å². The molecular weight excluding hydrogens is 432 g/mol. The molecule has 1 aliphatic carbocycles. The predicted octanol–water partition coefficient (Wildman–Crippen LogP) is 5.13. The molecule has 1 aromatic heterocycles. The van der Waals surface area contributed by atoms with Gasteiger partial charge in [0, 0.05) is 11.7 Å². The Bertz CT molecular complexity index is 1090. The first-order chi connectivity index (χ1) is 16.6. The van der Waals surface area contributed by atoms with E-state index in [2.05, 4.69) is 5.32 Å². The first kappa shape index (κ1) is 23.4. The van der Waals surface area contributed by atoms with Crippen molar-refractivity contribution in [2.75, 3.05) is 19.1 Å². The van der Waals surface area contributed by atoms with Gasteiger partial charge in [0.25, 0.3) is 5.91 Å². The Kier molecular flexibility index (Phi) is 7.52. The molecular formula is C27H30N2O5. The quantitative estimate of drug-likeness (QED) is 0.502. The van der Waals surface area contributed by atoms with E-state index in [0.717, 1.165) is 25.7 Å². The average Bonchev–Trinajstić information content (AvgIpc) is 3.43. The minimum absolute atomic E-state index is 0.0887. The Morgan fingerprint density at radius 3 is 2.32 bits per heavy atom. The van der Waals surface area contributed by atoms with Crippen LogP contribution < -0.4 is 19.7 Å². The van der Waals surface area contributed by atoms with Crippen LogP contribution in [0, 0.1) is 0 Å². The minimum Gasteiger partial charge on any atom is -0.497 e. The first-order valence-electron chi connectivity index (χ1n) is 11.6. The van der Waals surface area contributed by atoms with Crippen molar-refractivity contribution in [1.82, 2.24) is 5.32 Å². The zero-order valence-electron chi connectivity index (χ0n) is 19.5. The number of nitrogens with zero attached hydrogens (tertiary/aromatic N) is 1. The monoisotopic (exact) mass is 462 g/mol. The molecule has 0 radical (unpaired) electrons. The number of benzene rings is 2. The van der Waals surface area contributed by atoms with Crippen LogP contribution in [0.25, 0.3) is 0 Å². The Morgan fingerprint density at radius 2 is 1.68 bits per heavy atom. The van der Waals surface area contributed by atoms with E-state index < -0.39 is 11.9 Å². The third-order valence-electron chi connectivity index (χ3n) is 6.17. The molecule has 1 saturated carbocycles. The number of methoxy groups -OCH3 is 2. The van der Waals surface area contributed by atoms with Crippen LogP contribution in [0.15, 0.2) is 71.3 Å². The second-order valence-corrected chi connectivity index (χ2v) is 8.37. The smallest absolute Gasteiger partial charge is 0.294 e. The Balaban J connectivity index is 1.79. The fraction of sp³-hybridized carbons (Fsp3) is 0.333. The molecule has 0 aliphatic heterocycles. The van der Waals surface area contributed by atoms with E-state index in [4.69, 9.17) is 13.9 Å². The van der Waals surface area contributed by atoms with Crippen molar-refractivity contribution < 1.29 is 23.5 Å². The fourth-order valence-electron chi connectivity index (χ4n) is 4.40. The number of carbonyl (C=O) groups is 2. The molecule has 4 rings (SSSR count). The van der Waals surface area contributed by atoms with Gasteiger partial charge in [0.05, 0.1) is 20.5 Å². The molecule has 2 amide bonds. The summed E-state index contributed by atoms with van der Waals surface area (Å²) < 4.78 is 16.1. The summed E-state index contributed by atoms with van der Waals surface area (Å²) in [6.45, 7) is 0. The van der Waals surface area contributed by atoms with Gasteiger partial charge >= 0.3 is 0 Å². The van der Waals surface area contributed by atoms with Gasteiger partial charge in [-0.2, -0.15) is 0 Å². The van der Waals surface area contributed by atoms with E-state index in [1.807, 2.05) is 18.2 Å². The molecule has 0 spiro atoms. The lowest BCUT2D eigenvalue weighted by Gasteiger charge is -2.33. The number of anilines is 1. The van der Waals surface area contributed by atoms with Gasteiger partial charge in [-0.3, -0.25) is 14.5 Å². The molecule has 7 heteroatoms. The van der Waals surface area contributed by atoms with Crippen molar-refractivity contribution in [3.63, 3.8) is 0 Å². The Hall–Kier alpha value is -3.74. The predicted molar refractivity (Wildman–Crippen MR) is 129 cm³/mol. The molecule has 178 valence electrons. The van der Waals surface area contributed by atoms with E-state index >= 15 is 0 Å². The highest BCUT2D eigenvalue weighted by Gasteiger charge is 2.35. The summed E-state index contributed by atoms with van der Waals surface area (Å²) in [7, 11) is 3.16. The highest BCUT2D eigenvalue weighted by atomic mass is 16.5. The Labute approximate surface area is 199 Å². The lowest BCUT2D eigenvalue weighted by Crippen LogP contribution is -2.47. The van der Waals surface area contributed by atoms with E-state index in [-0.39, 0.29) is 17.7 Å². The fourth-order valence-corrected chi connectivity index (χ4v) is 4.40. The van der Waals surface area contributed by atoms with Gasteiger partial charge in [0.1, 0.15) is 17.5 Å². The third-order valence-corrected chi connectivity index (χ3v) is 6.17. The van der Waals surface area contributed by atoms with Crippen molar-refractivity contribution in [2.24, 2.45) is 0 Å². The number of hydrogen-bond donors (Lipinski definition) is 1. The minimum atomic E-state index is -0.928. The van der Waals surface area contributed by atoms with Gasteiger partial charge in [-0.25, -0.2) is 0 Å². The van der Waals surface area contributed by atoms with Gasteiger partial charge < -0.3 is 19.2 Å². The molecule has 2 aromatic carbocycles. The molecule has 1 unspecified atom stereocenters. The number of ether oxygens (including phenoxy) is 2. The van der Waals surface area contributed by atoms with E-state index in [0.29, 0.717) is 22.7 Å². The topological polar surface area (TPSA) is 81.0 Å². The summed E-state index contributed by atoms with van der Waals surface area (Å²) in [5.74, 6) is 0.749. The summed E-state index contributed by atoms with van der Waals surface area (Å²) in [5, 5.41) is 3.20. The molecule has 1 heterocycles. The van der Waals surface area contributed by atoms with Crippen molar-refractivity contribution in [1.29, 1.82) is 0 Å². The van der Waals surface area contributed by atoms with Crippen molar-refractivity contribution in [3.05, 3.63) is 78.3 Å². The second kappa shape index (κ2) is 10.9. The van der Waals surface area contributed by atoms with Gasteiger partial charge in [0.15, 0.2) is 5.76 Å². The molecule has 1 fully saturated rings. The molecule has 7 nitrogen and oxygen atoms in total. The maximum Gasteiger partial charge on any atom is 0.294 e. The molecule has 1 atom stereocenters. The SMILES string of the molecule is COc1ccc(N(C(=O)c2ccco2)C(C(=O)NC2CCCCC2)c2cccc(OC)c2)cc1. The largest absolute Gasteiger partial charge is 0.497 e. The lowest BCUT2D eigenvalue weighted by atomic mass is 9.94. The lowest BCUT2D eigenvalue weighted by molar-refractivity contribution is -0.123. The van der Waals surface area contributed by atoms with Gasteiger partial charge in [-0.15, -0.1) is 0 Å². The number of carbonyl (C=O) groups excluding carboxylic acids is 2. The first-order valence-corrected chi connectivity index (χ1v) is 11.6. The maximum atomic E-state index is 13.8. The van der Waals surface area contributed by atoms with E-state index in [9.17, 15) is 9.59 Å². The van der Waals surface area contributed by atoms with E-state index in [1.54, 1.807) is 56.7 Å². The summed E-state index contributed by atoms with van der Waals surface area (Å²) in [5.41, 5.74) is 1.19. The maximum absolute atomic E-state index is 13.8. The molecule has 0 saturated heterocycles. The average molecular weight is 463 g/mol. The number of furan rings is 1. The van der Waals surface area contributed by atoms with Crippen LogP contribution in [-0.2, 0) is 4.79 Å². The highest BCUT2D eigenvalue weighted by molar-refractivity contribution is 6.08. The van der Waals surface area contributed by atoms with Crippen molar-refractivity contribution in [3.8, 4) is 11.5 Å². The molecule has 1 aliphatic rings. The van der Waals surface area contributed by atoms with Crippen LogP contribution in [0.1, 0.15) is 54.3 Å². The number of hydrogen-bond acceptors (Lipinski definition) is 5. The zero-order chi connectivity index (χ0) is 23.9. The molecule has 1 N–H and O–H groups in total. The van der Waals surface area contributed by atoms with Gasteiger partial charge in [-0.05, 0) is 66.9 Å². The number of nitrogens with one attached hydrogen (secondary N) is 1. The van der Waals surface area contributed by atoms with Crippen molar-refractivity contribution in [2.45, 2.75) is 44.2 Å².